The molecule has 0 bridgehead atoms. The number of aryl methyl sites for hydroxylation is 1. The Bertz CT molecular complexity index is 1490. The van der Waals surface area contributed by atoms with E-state index in [-0.39, 0.29) is 12.5 Å². The van der Waals surface area contributed by atoms with E-state index in [1.807, 2.05) is 31.2 Å². The van der Waals surface area contributed by atoms with Crippen LogP contribution < -0.4 is 15.5 Å². The molecule has 0 saturated heterocycles. The van der Waals surface area contributed by atoms with Crippen molar-refractivity contribution in [3.05, 3.63) is 131 Å². The molecule has 1 heterocycles. The largest absolute Gasteiger partial charge is 0.467 e. The Balaban J connectivity index is 1.69. The fraction of sp³-hybridized carbons (Fsp3) is 0.182. The maximum atomic E-state index is 13.8. The van der Waals surface area contributed by atoms with E-state index in [0.717, 1.165) is 17.2 Å². The lowest BCUT2D eigenvalue weighted by Gasteiger charge is -2.31. The van der Waals surface area contributed by atoms with Crippen molar-refractivity contribution in [2.24, 2.45) is 0 Å². The highest BCUT2D eigenvalue weighted by atomic mass is 35.5. The van der Waals surface area contributed by atoms with E-state index in [0.29, 0.717) is 27.7 Å². The van der Waals surface area contributed by atoms with Gasteiger partial charge in [0.25, 0.3) is 5.91 Å². The summed E-state index contributed by atoms with van der Waals surface area (Å²) in [5.41, 5.74) is 3.79. The molecule has 3 amide bonds. The first kappa shape index (κ1) is 29.4. The van der Waals surface area contributed by atoms with Crippen molar-refractivity contribution < 1.29 is 18.8 Å². The second-order valence-corrected chi connectivity index (χ2v) is 10.3. The summed E-state index contributed by atoms with van der Waals surface area (Å²) in [6.07, 6.45) is 3.86. The van der Waals surface area contributed by atoms with Crippen LogP contribution in [0.2, 0.25) is 5.02 Å². The van der Waals surface area contributed by atoms with Crippen LogP contribution in [0.25, 0.3) is 0 Å². The summed E-state index contributed by atoms with van der Waals surface area (Å²) >= 11 is 6.14. The van der Waals surface area contributed by atoms with Crippen LogP contribution in [-0.2, 0) is 20.9 Å². The zero-order valence-corrected chi connectivity index (χ0v) is 23.9. The molecule has 8 heteroatoms. The molecule has 3 aromatic carbocycles. The highest BCUT2D eigenvalue weighted by molar-refractivity contribution is 6.30. The highest BCUT2D eigenvalue weighted by Gasteiger charge is 2.32. The van der Waals surface area contributed by atoms with Crippen molar-refractivity contribution in [3.8, 4) is 0 Å². The summed E-state index contributed by atoms with van der Waals surface area (Å²) in [4.78, 5) is 41.6. The SMILES string of the molecule is Cc1ccc(NC(=O)/C=C\C(=O)N(c2ccc(C(C)C)cc2)[C@@H](C(=O)NCc2ccco2)c2ccc(Cl)cc2)cc1. The molecular weight excluding hydrogens is 538 g/mol. The van der Waals surface area contributed by atoms with Gasteiger partial charge in [0.05, 0.1) is 12.8 Å². The second-order valence-electron chi connectivity index (χ2n) is 9.89. The first-order valence-corrected chi connectivity index (χ1v) is 13.6. The molecule has 4 aromatic rings. The summed E-state index contributed by atoms with van der Waals surface area (Å²) in [7, 11) is 0. The van der Waals surface area contributed by atoms with E-state index in [2.05, 4.69) is 24.5 Å². The molecule has 7 nitrogen and oxygen atoms in total. The van der Waals surface area contributed by atoms with E-state index in [1.165, 1.54) is 17.2 Å². The zero-order chi connectivity index (χ0) is 29.4. The van der Waals surface area contributed by atoms with Gasteiger partial charge in [0, 0.05) is 28.5 Å². The van der Waals surface area contributed by atoms with Crippen molar-refractivity contribution in [1.82, 2.24) is 5.32 Å². The highest BCUT2D eigenvalue weighted by Crippen LogP contribution is 2.30. The second kappa shape index (κ2) is 13.6. The van der Waals surface area contributed by atoms with E-state index in [4.69, 9.17) is 16.0 Å². The van der Waals surface area contributed by atoms with Crippen LogP contribution in [0.4, 0.5) is 11.4 Å². The molecule has 0 aliphatic heterocycles. The Hall–Kier alpha value is -4.62. The minimum atomic E-state index is -1.07. The Labute approximate surface area is 244 Å². The molecule has 0 aliphatic rings. The fourth-order valence-electron chi connectivity index (χ4n) is 4.22. The summed E-state index contributed by atoms with van der Waals surface area (Å²) in [5.74, 6) is -0.596. The smallest absolute Gasteiger partial charge is 0.252 e. The first-order valence-electron chi connectivity index (χ1n) is 13.3. The average Bonchev–Trinajstić information content (AvgIpc) is 3.49. The third-order valence-electron chi connectivity index (χ3n) is 6.48. The normalized spacial score (nSPS) is 11.8. The summed E-state index contributed by atoms with van der Waals surface area (Å²) in [6, 6.07) is 23.9. The molecule has 4 rings (SSSR count). The number of halogens is 1. The monoisotopic (exact) mass is 569 g/mol. The predicted octanol–water partition coefficient (Wildman–Crippen LogP) is 6.95. The number of rotatable bonds is 10. The van der Waals surface area contributed by atoms with Crippen molar-refractivity contribution in [2.45, 2.75) is 39.3 Å². The number of nitrogens with zero attached hydrogens (tertiary/aromatic N) is 1. The molecular formula is C33H32ClN3O4. The molecule has 0 radical (unpaired) electrons. The Kier molecular flexibility index (Phi) is 9.77. The van der Waals surface area contributed by atoms with Crippen LogP contribution in [0.5, 0.6) is 0 Å². The summed E-state index contributed by atoms with van der Waals surface area (Å²) in [6.45, 7) is 6.24. The number of hydrogen-bond donors (Lipinski definition) is 2. The Morgan fingerprint density at radius 1 is 0.878 bits per heavy atom. The van der Waals surface area contributed by atoms with Crippen LogP contribution in [0, 0.1) is 6.92 Å². The lowest BCUT2D eigenvalue weighted by atomic mass is 10.0. The van der Waals surface area contributed by atoms with Gasteiger partial charge < -0.3 is 15.1 Å². The lowest BCUT2D eigenvalue weighted by molar-refractivity contribution is -0.125. The Morgan fingerprint density at radius 3 is 2.15 bits per heavy atom. The molecule has 41 heavy (non-hydrogen) atoms. The van der Waals surface area contributed by atoms with Gasteiger partial charge in [-0.1, -0.05) is 67.4 Å². The van der Waals surface area contributed by atoms with E-state index >= 15 is 0 Å². The van der Waals surface area contributed by atoms with Gasteiger partial charge in [0.1, 0.15) is 11.8 Å². The number of nitrogens with one attached hydrogen (secondary N) is 2. The van der Waals surface area contributed by atoms with Crippen LogP contribution in [0.3, 0.4) is 0 Å². The number of benzene rings is 3. The van der Waals surface area contributed by atoms with Crippen molar-refractivity contribution >= 4 is 40.7 Å². The molecule has 0 aliphatic carbocycles. The third-order valence-corrected chi connectivity index (χ3v) is 6.73. The van der Waals surface area contributed by atoms with Gasteiger partial charge in [0.2, 0.25) is 11.8 Å². The van der Waals surface area contributed by atoms with Crippen molar-refractivity contribution in [3.63, 3.8) is 0 Å². The van der Waals surface area contributed by atoms with Gasteiger partial charge in [-0.05, 0) is 72.5 Å². The van der Waals surface area contributed by atoms with Crippen molar-refractivity contribution in [1.29, 1.82) is 0 Å². The minimum Gasteiger partial charge on any atom is -0.467 e. The van der Waals surface area contributed by atoms with E-state index < -0.39 is 23.8 Å². The zero-order valence-electron chi connectivity index (χ0n) is 23.1. The molecule has 210 valence electrons. The van der Waals surface area contributed by atoms with Gasteiger partial charge in [0.15, 0.2) is 0 Å². The molecule has 0 fully saturated rings. The van der Waals surface area contributed by atoms with Gasteiger partial charge in [-0.15, -0.1) is 0 Å². The van der Waals surface area contributed by atoms with Crippen LogP contribution >= 0.6 is 11.6 Å². The van der Waals surface area contributed by atoms with Gasteiger partial charge >= 0.3 is 0 Å². The quantitative estimate of drug-likeness (QED) is 0.202. The lowest BCUT2D eigenvalue weighted by Crippen LogP contribution is -2.43. The number of anilines is 2. The van der Waals surface area contributed by atoms with Crippen LogP contribution in [0.1, 0.15) is 48.3 Å². The number of carbonyl (C=O) groups is 3. The molecule has 0 unspecified atom stereocenters. The summed E-state index contributed by atoms with van der Waals surface area (Å²) < 4.78 is 5.37. The standard InChI is InChI=1S/C33H32ClN3O4/c1-22(2)24-10-16-28(17-11-24)37(31(39)19-18-30(38)36-27-14-6-23(3)7-15-27)32(25-8-12-26(34)13-9-25)33(40)35-21-29-5-4-20-41-29/h4-20,22,32H,21H2,1-3H3,(H,35,40)(H,36,38)/b19-18-/t32-/m1/s1. The van der Waals surface area contributed by atoms with E-state index in [1.54, 1.807) is 60.7 Å². The molecule has 0 saturated carbocycles. The molecule has 0 spiro atoms. The third kappa shape index (κ3) is 7.96. The average molecular weight is 570 g/mol. The Morgan fingerprint density at radius 2 is 1.54 bits per heavy atom. The molecule has 1 aromatic heterocycles. The minimum absolute atomic E-state index is 0.138. The predicted molar refractivity (Wildman–Crippen MR) is 162 cm³/mol. The first-order chi connectivity index (χ1) is 19.7. The van der Waals surface area contributed by atoms with Crippen LogP contribution in [-0.4, -0.2) is 17.7 Å². The van der Waals surface area contributed by atoms with Gasteiger partial charge in [-0.25, -0.2) is 0 Å². The topological polar surface area (TPSA) is 91.7 Å². The maximum Gasteiger partial charge on any atom is 0.252 e. The van der Waals surface area contributed by atoms with Crippen LogP contribution in [0.15, 0.2) is 108 Å². The number of carbonyl (C=O) groups excluding carboxylic acids is 3. The van der Waals surface area contributed by atoms with Gasteiger partial charge in [-0.3, -0.25) is 19.3 Å². The van der Waals surface area contributed by atoms with E-state index in [9.17, 15) is 14.4 Å². The van der Waals surface area contributed by atoms with Gasteiger partial charge in [-0.2, -0.15) is 0 Å². The number of furan rings is 1. The number of hydrogen-bond acceptors (Lipinski definition) is 4. The van der Waals surface area contributed by atoms with Crippen molar-refractivity contribution in [2.75, 3.05) is 10.2 Å². The molecule has 2 N–H and O–H groups in total. The fourth-order valence-corrected chi connectivity index (χ4v) is 4.34. The maximum absolute atomic E-state index is 13.8. The number of amides is 3. The molecule has 1 atom stereocenters. The summed E-state index contributed by atoms with van der Waals surface area (Å²) in [5, 5.41) is 6.12.